The summed E-state index contributed by atoms with van der Waals surface area (Å²) in [5.41, 5.74) is 0.372. The van der Waals surface area contributed by atoms with Crippen LogP contribution in [0.2, 0.25) is 0 Å². The van der Waals surface area contributed by atoms with Gasteiger partial charge < -0.3 is 25.0 Å². The second-order valence-corrected chi connectivity index (χ2v) is 4.71. The van der Waals surface area contributed by atoms with Crippen LogP contribution in [0.4, 0.5) is 0 Å². The van der Waals surface area contributed by atoms with Crippen molar-refractivity contribution in [1.29, 1.82) is 0 Å². The number of nitrogens with one attached hydrogen (secondary N) is 1. The summed E-state index contributed by atoms with van der Waals surface area (Å²) >= 11 is 0. The topological polar surface area (TPSA) is 103 Å². The second-order valence-electron chi connectivity index (χ2n) is 4.71. The molecule has 2 aromatic rings. The number of rotatable bonds is 1. The van der Waals surface area contributed by atoms with Gasteiger partial charge in [-0.05, 0) is 12.1 Å². The van der Waals surface area contributed by atoms with Crippen LogP contribution in [0.25, 0.3) is 0 Å². The lowest BCUT2D eigenvalue weighted by atomic mass is 9.95. The summed E-state index contributed by atoms with van der Waals surface area (Å²) in [6.45, 7) is 0. The molecule has 1 aromatic carbocycles. The highest BCUT2D eigenvalue weighted by molar-refractivity contribution is 5.51. The van der Waals surface area contributed by atoms with Crippen molar-refractivity contribution in [3.05, 3.63) is 51.9 Å². The van der Waals surface area contributed by atoms with Crippen LogP contribution in [0.15, 0.2) is 35.3 Å². The van der Waals surface area contributed by atoms with E-state index in [0.29, 0.717) is 11.1 Å². The van der Waals surface area contributed by atoms with Crippen molar-refractivity contribution in [2.75, 3.05) is 0 Å². The van der Waals surface area contributed by atoms with E-state index in [0.717, 1.165) is 0 Å². The van der Waals surface area contributed by atoms with Gasteiger partial charge in [0.15, 0.2) is 6.10 Å². The zero-order chi connectivity index (χ0) is 14.3. The molecule has 6 heteroatoms. The van der Waals surface area contributed by atoms with Gasteiger partial charge in [-0.2, -0.15) is 0 Å². The van der Waals surface area contributed by atoms with Gasteiger partial charge in [-0.25, -0.2) is 0 Å². The SMILES string of the molecule is O=c1[nH]cccc1[C@H]1Oc2cc(O)cc(O)c2C[C@H]1O. The second kappa shape index (κ2) is 4.57. The average Bonchev–Trinajstić information content (AvgIpc) is 2.40. The van der Waals surface area contributed by atoms with E-state index in [-0.39, 0.29) is 29.2 Å². The normalized spacial score (nSPS) is 21.1. The first-order valence-electron chi connectivity index (χ1n) is 6.13. The molecule has 1 aliphatic heterocycles. The van der Waals surface area contributed by atoms with Crippen LogP contribution in [-0.2, 0) is 6.42 Å². The number of hydrogen-bond donors (Lipinski definition) is 4. The Balaban J connectivity index is 2.05. The van der Waals surface area contributed by atoms with Gasteiger partial charge in [0.2, 0.25) is 0 Å². The lowest BCUT2D eigenvalue weighted by Gasteiger charge is -2.30. The molecule has 0 unspecified atom stereocenters. The van der Waals surface area contributed by atoms with E-state index in [2.05, 4.69) is 4.98 Å². The summed E-state index contributed by atoms with van der Waals surface area (Å²) < 4.78 is 5.58. The van der Waals surface area contributed by atoms with Crippen molar-refractivity contribution >= 4 is 0 Å². The predicted molar refractivity (Wildman–Crippen MR) is 69.9 cm³/mol. The number of H-pyrrole nitrogens is 1. The monoisotopic (exact) mass is 275 g/mol. The summed E-state index contributed by atoms with van der Waals surface area (Å²) in [7, 11) is 0. The van der Waals surface area contributed by atoms with Crippen molar-refractivity contribution in [1.82, 2.24) is 4.98 Å². The molecule has 104 valence electrons. The number of aromatic amines is 1. The fraction of sp³-hybridized carbons (Fsp3) is 0.214. The lowest BCUT2D eigenvalue weighted by Crippen LogP contribution is -2.34. The number of hydrogen-bond acceptors (Lipinski definition) is 5. The van der Waals surface area contributed by atoms with Crippen molar-refractivity contribution in [2.45, 2.75) is 18.6 Å². The minimum atomic E-state index is -0.957. The molecule has 3 rings (SSSR count). The zero-order valence-electron chi connectivity index (χ0n) is 10.4. The molecular weight excluding hydrogens is 262 g/mol. The van der Waals surface area contributed by atoms with Gasteiger partial charge >= 0.3 is 0 Å². The number of ether oxygens (including phenoxy) is 1. The Kier molecular flexibility index (Phi) is 2.87. The van der Waals surface area contributed by atoms with Gasteiger partial charge in [0.05, 0.1) is 11.7 Å². The first-order valence-corrected chi connectivity index (χ1v) is 6.13. The Morgan fingerprint density at radius 1 is 1.30 bits per heavy atom. The van der Waals surface area contributed by atoms with E-state index in [4.69, 9.17) is 4.74 Å². The quantitative estimate of drug-likeness (QED) is 0.617. The number of pyridine rings is 1. The molecule has 0 aliphatic carbocycles. The minimum Gasteiger partial charge on any atom is -0.508 e. The summed E-state index contributed by atoms with van der Waals surface area (Å²) in [5.74, 6) is -0.0149. The molecule has 0 saturated carbocycles. The third-order valence-corrected chi connectivity index (χ3v) is 3.34. The van der Waals surface area contributed by atoms with Gasteiger partial charge in [-0.3, -0.25) is 4.79 Å². The fourth-order valence-corrected chi connectivity index (χ4v) is 2.39. The van der Waals surface area contributed by atoms with Crippen molar-refractivity contribution < 1.29 is 20.1 Å². The molecule has 0 spiro atoms. The molecular formula is C14H13NO5. The largest absolute Gasteiger partial charge is 0.508 e. The Hall–Kier alpha value is -2.47. The molecule has 0 fully saturated rings. The summed E-state index contributed by atoms with van der Waals surface area (Å²) in [6.07, 6.45) is -0.164. The highest BCUT2D eigenvalue weighted by Gasteiger charge is 2.33. The number of aliphatic hydroxyl groups excluding tert-OH is 1. The van der Waals surface area contributed by atoms with Crippen molar-refractivity contribution in [3.8, 4) is 17.2 Å². The van der Waals surface area contributed by atoms with E-state index >= 15 is 0 Å². The molecule has 0 amide bonds. The molecule has 0 bridgehead atoms. The van der Waals surface area contributed by atoms with Crippen LogP contribution >= 0.6 is 0 Å². The number of aromatic hydroxyl groups is 2. The maximum atomic E-state index is 11.8. The molecule has 0 radical (unpaired) electrons. The number of phenolic OH excluding ortho intramolecular Hbond substituents is 2. The highest BCUT2D eigenvalue weighted by Crippen LogP contribution is 2.41. The molecule has 1 aliphatic rings. The fourth-order valence-electron chi connectivity index (χ4n) is 2.39. The molecule has 1 aromatic heterocycles. The number of benzene rings is 1. The molecule has 0 saturated heterocycles. The van der Waals surface area contributed by atoms with Crippen LogP contribution in [0, 0.1) is 0 Å². The van der Waals surface area contributed by atoms with Gasteiger partial charge in [-0.15, -0.1) is 0 Å². The third kappa shape index (κ3) is 2.00. The van der Waals surface area contributed by atoms with Gasteiger partial charge in [-0.1, -0.05) is 0 Å². The number of phenols is 2. The Labute approximate surface area is 113 Å². The van der Waals surface area contributed by atoms with Crippen LogP contribution in [-0.4, -0.2) is 26.4 Å². The van der Waals surface area contributed by atoms with Gasteiger partial charge in [0, 0.05) is 30.3 Å². The van der Waals surface area contributed by atoms with E-state index in [9.17, 15) is 20.1 Å². The van der Waals surface area contributed by atoms with E-state index < -0.39 is 12.2 Å². The predicted octanol–water partition coefficient (Wildman–Crippen LogP) is 0.823. The van der Waals surface area contributed by atoms with E-state index in [1.165, 1.54) is 18.3 Å². The smallest absolute Gasteiger partial charge is 0.254 e. The lowest BCUT2D eigenvalue weighted by molar-refractivity contribution is 0.0190. The number of fused-ring (bicyclic) bond motifs is 1. The number of aromatic nitrogens is 1. The maximum Gasteiger partial charge on any atom is 0.254 e. The molecule has 4 N–H and O–H groups in total. The standard InChI is InChI=1S/C14H13NO5/c16-7-4-10(17)9-6-11(18)13(20-12(9)5-7)8-2-1-3-15-14(8)19/h1-5,11,13,16-18H,6H2,(H,15,19)/t11-,13-/m1/s1. The Morgan fingerprint density at radius 2 is 2.10 bits per heavy atom. The summed E-state index contributed by atoms with van der Waals surface area (Å²) in [4.78, 5) is 14.3. The summed E-state index contributed by atoms with van der Waals surface area (Å²) in [5, 5.41) is 29.4. The van der Waals surface area contributed by atoms with E-state index in [1.807, 2.05) is 0 Å². The van der Waals surface area contributed by atoms with Crippen LogP contribution in [0.5, 0.6) is 17.2 Å². The molecule has 6 nitrogen and oxygen atoms in total. The maximum absolute atomic E-state index is 11.8. The van der Waals surface area contributed by atoms with E-state index in [1.54, 1.807) is 12.1 Å². The summed E-state index contributed by atoms with van der Waals surface area (Å²) in [6, 6.07) is 5.75. The van der Waals surface area contributed by atoms with Crippen LogP contribution < -0.4 is 10.3 Å². The Bertz CT molecular complexity index is 709. The van der Waals surface area contributed by atoms with Gasteiger partial charge in [0.25, 0.3) is 5.56 Å². The average molecular weight is 275 g/mol. The van der Waals surface area contributed by atoms with Crippen LogP contribution in [0.3, 0.4) is 0 Å². The van der Waals surface area contributed by atoms with Crippen LogP contribution in [0.1, 0.15) is 17.2 Å². The first-order chi connectivity index (χ1) is 9.56. The van der Waals surface area contributed by atoms with Gasteiger partial charge in [0.1, 0.15) is 17.2 Å². The molecule has 2 heterocycles. The molecule has 20 heavy (non-hydrogen) atoms. The zero-order valence-corrected chi connectivity index (χ0v) is 10.4. The van der Waals surface area contributed by atoms with Crippen molar-refractivity contribution in [2.24, 2.45) is 0 Å². The van der Waals surface area contributed by atoms with Crippen molar-refractivity contribution in [3.63, 3.8) is 0 Å². The third-order valence-electron chi connectivity index (χ3n) is 3.34. The molecule has 2 atom stereocenters. The highest BCUT2D eigenvalue weighted by atomic mass is 16.5. The first kappa shape index (κ1) is 12.6. The Morgan fingerprint density at radius 3 is 2.85 bits per heavy atom. The minimum absolute atomic E-state index is 0.139. The number of aliphatic hydroxyl groups is 1.